The van der Waals surface area contributed by atoms with Crippen LogP contribution in [0.15, 0.2) is 103 Å². The predicted molar refractivity (Wildman–Crippen MR) is 117 cm³/mol. The Labute approximate surface area is 166 Å². The number of rotatable bonds is 4. The number of benzene rings is 4. The maximum atomic E-state index is 6.23. The fourth-order valence-corrected chi connectivity index (χ4v) is 5.77. The fraction of sp³-hybridized carbons (Fsp3) is 0.0400. The van der Waals surface area contributed by atoms with E-state index in [2.05, 4.69) is 60.7 Å². The van der Waals surface area contributed by atoms with Crippen LogP contribution in [0, 0.1) is 0 Å². The molecular formula is C25H19O2P. The summed E-state index contributed by atoms with van der Waals surface area (Å²) in [7, 11) is -0.550. The highest BCUT2D eigenvalue weighted by molar-refractivity contribution is 7.73. The Morgan fingerprint density at radius 1 is 0.643 bits per heavy atom. The van der Waals surface area contributed by atoms with Gasteiger partial charge in [-0.3, -0.25) is 0 Å². The van der Waals surface area contributed by atoms with Crippen LogP contribution in [0.25, 0.3) is 11.1 Å². The highest BCUT2D eigenvalue weighted by atomic mass is 31.1. The molecule has 0 aliphatic carbocycles. The van der Waals surface area contributed by atoms with E-state index in [4.69, 9.17) is 9.47 Å². The average molecular weight is 382 g/mol. The van der Waals surface area contributed by atoms with Crippen molar-refractivity contribution in [2.75, 3.05) is 6.35 Å². The summed E-state index contributed by atoms with van der Waals surface area (Å²) in [6.07, 6.45) is 0.730. The third-order valence-electron chi connectivity index (χ3n) is 4.83. The fourth-order valence-electron chi connectivity index (χ4n) is 3.54. The van der Waals surface area contributed by atoms with Crippen LogP contribution in [-0.2, 0) is 0 Å². The Kier molecular flexibility index (Phi) is 4.56. The van der Waals surface area contributed by atoms with Gasteiger partial charge in [0, 0.05) is 10.9 Å². The van der Waals surface area contributed by atoms with Gasteiger partial charge in [-0.1, -0.05) is 78.9 Å². The topological polar surface area (TPSA) is 18.5 Å². The SMILES string of the molecule is c1ccc(Oc2ccccc2-c2cccc3c2P(c2ccccc2)CO3)cc1. The van der Waals surface area contributed by atoms with Gasteiger partial charge < -0.3 is 9.47 Å². The van der Waals surface area contributed by atoms with Gasteiger partial charge >= 0.3 is 0 Å². The number of fused-ring (bicyclic) bond motifs is 1. The molecule has 1 aliphatic rings. The largest absolute Gasteiger partial charge is 0.488 e. The average Bonchev–Trinajstić information content (AvgIpc) is 3.20. The summed E-state index contributed by atoms with van der Waals surface area (Å²) >= 11 is 0. The highest BCUT2D eigenvalue weighted by Gasteiger charge is 2.29. The molecule has 0 aromatic heterocycles. The second kappa shape index (κ2) is 7.50. The van der Waals surface area contributed by atoms with Gasteiger partial charge in [0.2, 0.25) is 0 Å². The molecule has 4 aromatic rings. The lowest BCUT2D eigenvalue weighted by molar-refractivity contribution is 0.403. The Morgan fingerprint density at radius 3 is 2.14 bits per heavy atom. The Balaban J connectivity index is 1.62. The molecule has 0 N–H and O–H groups in total. The van der Waals surface area contributed by atoms with E-state index >= 15 is 0 Å². The maximum absolute atomic E-state index is 6.23. The van der Waals surface area contributed by atoms with Gasteiger partial charge in [-0.05, 0) is 43.1 Å². The molecule has 5 rings (SSSR count). The van der Waals surface area contributed by atoms with Crippen molar-refractivity contribution >= 4 is 18.5 Å². The first-order valence-electron chi connectivity index (χ1n) is 9.31. The van der Waals surface area contributed by atoms with E-state index in [9.17, 15) is 0 Å². The Hall–Kier alpha value is -3.09. The second-order valence-electron chi connectivity index (χ2n) is 6.60. The van der Waals surface area contributed by atoms with Crippen molar-refractivity contribution < 1.29 is 9.47 Å². The van der Waals surface area contributed by atoms with Crippen LogP contribution in [-0.4, -0.2) is 6.35 Å². The molecule has 4 aromatic carbocycles. The number of para-hydroxylation sites is 2. The molecule has 0 radical (unpaired) electrons. The zero-order valence-corrected chi connectivity index (χ0v) is 16.2. The third-order valence-corrected chi connectivity index (χ3v) is 7.14. The molecule has 0 saturated carbocycles. The second-order valence-corrected chi connectivity index (χ2v) is 8.68. The van der Waals surface area contributed by atoms with E-state index in [0.717, 1.165) is 29.2 Å². The molecular weight excluding hydrogens is 363 g/mol. The van der Waals surface area contributed by atoms with Gasteiger partial charge in [0.15, 0.2) is 0 Å². The molecule has 2 nitrogen and oxygen atoms in total. The van der Waals surface area contributed by atoms with Gasteiger partial charge in [0.1, 0.15) is 23.6 Å². The van der Waals surface area contributed by atoms with Crippen molar-refractivity contribution in [1.82, 2.24) is 0 Å². The summed E-state index contributed by atoms with van der Waals surface area (Å²) in [6, 6.07) is 35.2. The van der Waals surface area contributed by atoms with Crippen LogP contribution in [0.1, 0.15) is 0 Å². The summed E-state index contributed by atoms with van der Waals surface area (Å²) in [6.45, 7) is 0. The zero-order chi connectivity index (χ0) is 18.8. The smallest absolute Gasteiger partial charge is 0.135 e. The number of hydrogen-bond donors (Lipinski definition) is 0. The van der Waals surface area contributed by atoms with Crippen LogP contribution in [0.5, 0.6) is 17.2 Å². The first-order valence-corrected chi connectivity index (χ1v) is 10.8. The van der Waals surface area contributed by atoms with Crippen LogP contribution < -0.4 is 20.1 Å². The van der Waals surface area contributed by atoms with Crippen LogP contribution in [0.2, 0.25) is 0 Å². The molecule has 3 heteroatoms. The third kappa shape index (κ3) is 3.17. The molecule has 0 spiro atoms. The minimum atomic E-state index is -0.550. The van der Waals surface area contributed by atoms with Crippen molar-refractivity contribution in [3.8, 4) is 28.4 Å². The lowest BCUT2D eigenvalue weighted by Crippen LogP contribution is -2.11. The highest BCUT2D eigenvalue weighted by Crippen LogP contribution is 2.47. The maximum Gasteiger partial charge on any atom is 0.135 e. The van der Waals surface area contributed by atoms with Crippen molar-refractivity contribution in [2.24, 2.45) is 0 Å². The minimum Gasteiger partial charge on any atom is -0.488 e. The van der Waals surface area contributed by atoms with Gasteiger partial charge in [-0.15, -0.1) is 0 Å². The van der Waals surface area contributed by atoms with Gasteiger partial charge in [-0.2, -0.15) is 0 Å². The van der Waals surface area contributed by atoms with Crippen LogP contribution in [0.3, 0.4) is 0 Å². The molecule has 1 aliphatic heterocycles. The lowest BCUT2D eigenvalue weighted by Gasteiger charge is -2.17. The van der Waals surface area contributed by atoms with E-state index in [-0.39, 0.29) is 0 Å². The number of ether oxygens (including phenoxy) is 2. The van der Waals surface area contributed by atoms with Gasteiger partial charge in [-0.25, -0.2) is 0 Å². The first-order chi connectivity index (χ1) is 13.9. The molecule has 0 amide bonds. The Bertz CT molecular complexity index is 1090. The van der Waals surface area contributed by atoms with Gasteiger partial charge in [0.25, 0.3) is 0 Å². The first kappa shape index (κ1) is 17.0. The quantitative estimate of drug-likeness (QED) is 0.407. The molecule has 0 fully saturated rings. The van der Waals surface area contributed by atoms with E-state index in [1.807, 2.05) is 42.5 Å². The molecule has 1 unspecified atom stereocenters. The molecule has 1 heterocycles. The summed E-state index contributed by atoms with van der Waals surface area (Å²) < 4.78 is 12.3. The van der Waals surface area contributed by atoms with Crippen molar-refractivity contribution in [1.29, 1.82) is 0 Å². The van der Waals surface area contributed by atoms with Crippen molar-refractivity contribution in [2.45, 2.75) is 0 Å². The minimum absolute atomic E-state index is 0.550. The summed E-state index contributed by atoms with van der Waals surface area (Å²) in [5.74, 6) is 2.68. The number of hydrogen-bond acceptors (Lipinski definition) is 2. The van der Waals surface area contributed by atoms with E-state index in [1.165, 1.54) is 16.2 Å². The predicted octanol–water partition coefficient (Wildman–Crippen LogP) is 5.93. The summed E-state index contributed by atoms with van der Waals surface area (Å²) in [5, 5.41) is 2.64. The van der Waals surface area contributed by atoms with Crippen molar-refractivity contribution in [3.05, 3.63) is 103 Å². The zero-order valence-electron chi connectivity index (χ0n) is 15.3. The van der Waals surface area contributed by atoms with Crippen LogP contribution in [0.4, 0.5) is 0 Å². The summed E-state index contributed by atoms with van der Waals surface area (Å²) in [5.41, 5.74) is 2.29. The van der Waals surface area contributed by atoms with E-state index in [0.29, 0.717) is 0 Å². The van der Waals surface area contributed by atoms with E-state index in [1.54, 1.807) is 0 Å². The standard InChI is InChI=1S/C25H19O2P/c1-3-10-19(11-4-1)27-23-16-8-7-14-21(23)22-15-9-17-24-25(22)28(18-26-24)20-12-5-2-6-13-20/h1-17H,18H2. The van der Waals surface area contributed by atoms with E-state index < -0.39 is 7.92 Å². The Morgan fingerprint density at radius 2 is 1.32 bits per heavy atom. The normalized spacial score (nSPS) is 14.9. The molecule has 1 atom stereocenters. The van der Waals surface area contributed by atoms with Crippen molar-refractivity contribution in [3.63, 3.8) is 0 Å². The molecule has 28 heavy (non-hydrogen) atoms. The lowest BCUT2D eigenvalue weighted by atomic mass is 10.0. The van der Waals surface area contributed by atoms with Gasteiger partial charge in [0.05, 0.1) is 0 Å². The van der Waals surface area contributed by atoms with Crippen LogP contribution >= 0.6 is 7.92 Å². The summed E-state index contributed by atoms with van der Waals surface area (Å²) in [4.78, 5) is 0. The molecule has 0 bridgehead atoms. The molecule has 0 saturated heterocycles. The monoisotopic (exact) mass is 382 g/mol. The molecule has 136 valence electrons.